The highest BCUT2D eigenvalue weighted by atomic mass is 32.2. The Morgan fingerprint density at radius 3 is 2.38 bits per heavy atom. The van der Waals surface area contributed by atoms with Gasteiger partial charge >= 0.3 is 0 Å². The molecule has 0 radical (unpaired) electrons. The zero-order chi connectivity index (χ0) is 15.5. The van der Waals surface area contributed by atoms with Gasteiger partial charge in [0.25, 0.3) is 0 Å². The van der Waals surface area contributed by atoms with Crippen LogP contribution in [0.25, 0.3) is 0 Å². The lowest BCUT2D eigenvalue weighted by Crippen LogP contribution is -2.28. The Hall–Kier alpha value is -2.21. The van der Waals surface area contributed by atoms with Crippen LogP contribution in [0.15, 0.2) is 48.5 Å². The van der Waals surface area contributed by atoms with Crippen molar-refractivity contribution >= 4 is 21.4 Å². The van der Waals surface area contributed by atoms with E-state index in [1.807, 2.05) is 0 Å². The molecule has 0 fully saturated rings. The Bertz CT molecular complexity index is 729. The van der Waals surface area contributed by atoms with Gasteiger partial charge in [0.1, 0.15) is 5.75 Å². The first-order valence-corrected chi connectivity index (χ1v) is 7.99. The number of anilines is 2. The predicted octanol–water partition coefficient (Wildman–Crippen LogP) is 2.24. The van der Waals surface area contributed by atoms with Gasteiger partial charge in [-0.2, -0.15) is 0 Å². The quantitative estimate of drug-likeness (QED) is 0.860. The van der Waals surface area contributed by atoms with Crippen LogP contribution in [0, 0.1) is 0 Å². The number of para-hydroxylation sites is 3. The number of rotatable bonds is 5. The molecule has 2 rings (SSSR count). The van der Waals surface area contributed by atoms with E-state index in [0.29, 0.717) is 22.7 Å². The average molecular weight is 306 g/mol. The maximum Gasteiger partial charge on any atom is 0.239 e. The first-order valence-electron chi connectivity index (χ1n) is 6.38. The molecule has 0 bridgehead atoms. The van der Waals surface area contributed by atoms with Crippen molar-refractivity contribution in [2.75, 3.05) is 24.2 Å². The molecule has 2 N–H and O–H groups in total. The minimum Gasteiger partial charge on any atom is -0.495 e. The number of ether oxygens (including phenoxy) is 1. The summed E-state index contributed by atoms with van der Waals surface area (Å²) < 4.78 is 31.5. The fraction of sp³-hybridized carbons (Fsp3) is 0.200. The minimum absolute atomic E-state index is 0.159. The molecule has 0 aliphatic heterocycles. The number of benzene rings is 2. The Balaban J connectivity index is 2.33. The number of hydrogen-bond donors (Lipinski definition) is 1. The van der Waals surface area contributed by atoms with Crippen LogP contribution in [0.4, 0.5) is 11.4 Å². The molecule has 2 aromatic rings. The summed E-state index contributed by atoms with van der Waals surface area (Å²) in [4.78, 5) is 0. The third kappa shape index (κ3) is 3.28. The van der Waals surface area contributed by atoms with Crippen molar-refractivity contribution in [2.24, 2.45) is 0 Å². The average Bonchev–Trinajstić information content (AvgIpc) is 2.48. The molecule has 2 aromatic carbocycles. The number of methoxy groups -OCH3 is 1. The van der Waals surface area contributed by atoms with Crippen LogP contribution >= 0.6 is 0 Å². The van der Waals surface area contributed by atoms with E-state index in [9.17, 15) is 8.42 Å². The zero-order valence-electron chi connectivity index (χ0n) is 12.0. The first kappa shape index (κ1) is 15.2. The van der Waals surface area contributed by atoms with E-state index in [4.69, 9.17) is 10.5 Å². The number of hydrogen-bond acceptors (Lipinski definition) is 4. The standard InChI is InChI=1S/C15H18N2O3S/c1-17(14-9-5-6-10-15(14)20-2)21(18,19)11-12-7-3-4-8-13(12)16/h3-10H,11,16H2,1-2H3. The van der Waals surface area contributed by atoms with E-state index >= 15 is 0 Å². The molecule has 0 aliphatic carbocycles. The summed E-state index contributed by atoms with van der Waals surface area (Å²) in [6, 6.07) is 13.9. The van der Waals surface area contributed by atoms with Gasteiger partial charge in [-0.05, 0) is 23.8 Å². The lowest BCUT2D eigenvalue weighted by Gasteiger charge is -2.22. The van der Waals surface area contributed by atoms with Crippen LogP contribution in [-0.4, -0.2) is 22.6 Å². The Morgan fingerprint density at radius 1 is 1.10 bits per heavy atom. The molecule has 0 aliphatic rings. The van der Waals surface area contributed by atoms with E-state index in [2.05, 4.69) is 0 Å². The molecule has 0 aromatic heterocycles. The Kier molecular flexibility index (Phi) is 4.37. The van der Waals surface area contributed by atoms with Crippen LogP contribution in [0.1, 0.15) is 5.56 Å². The third-order valence-corrected chi connectivity index (χ3v) is 4.94. The monoisotopic (exact) mass is 306 g/mol. The van der Waals surface area contributed by atoms with Gasteiger partial charge in [-0.25, -0.2) is 8.42 Å². The van der Waals surface area contributed by atoms with Crippen molar-refractivity contribution < 1.29 is 13.2 Å². The van der Waals surface area contributed by atoms with E-state index in [1.165, 1.54) is 18.5 Å². The fourth-order valence-corrected chi connectivity index (χ4v) is 3.30. The molecule has 6 heteroatoms. The first-order chi connectivity index (χ1) is 9.95. The van der Waals surface area contributed by atoms with Gasteiger partial charge in [-0.15, -0.1) is 0 Å². The summed E-state index contributed by atoms with van der Waals surface area (Å²) in [5, 5.41) is 0. The zero-order valence-corrected chi connectivity index (χ0v) is 12.8. The van der Waals surface area contributed by atoms with Gasteiger partial charge in [0, 0.05) is 12.7 Å². The van der Waals surface area contributed by atoms with Gasteiger partial charge in [-0.3, -0.25) is 4.31 Å². The van der Waals surface area contributed by atoms with Gasteiger partial charge in [-0.1, -0.05) is 30.3 Å². The molecular weight excluding hydrogens is 288 g/mol. The molecule has 0 heterocycles. The summed E-state index contributed by atoms with van der Waals surface area (Å²) in [6.07, 6.45) is 0. The highest BCUT2D eigenvalue weighted by Crippen LogP contribution is 2.29. The van der Waals surface area contributed by atoms with E-state index in [0.717, 1.165) is 0 Å². The summed E-state index contributed by atoms with van der Waals surface area (Å²) in [6.45, 7) is 0. The van der Waals surface area contributed by atoms with Crippen molar-refractivity contribution in [2.45, 2.75) is 5.75 Å². The van der Waals surface area contributed by atoms with Crippen LogP contribution in [0.5, 0.6) is 5.75 Å². The molecular formula is C15H18N2O3S. The molecule has 0 amide bonds. The normalized spacial score (nSPS) is 11.1. The smallest absolute Gasteiger partial charge is 0.239 e. The van der Waals surface area contributed by atoms with Gasteiger partial charge in [0.15, 0.2) is 0 Å². The minimum atomic E-state index is -3.55. The topological polar surface area (TPSA) is 72.6 Å². The van der Waals surface area contributed by atoms with E-state index < -0.39 is 10.0 Å². The van der Waals surface area contributed by atoms with Crippen LogP contribution < -0.4 is 14.8 Å². The van der Waals surface area contributed by atoms with Gasteiger partial charge in [0.2, 0.25) is 10.0 Å². The van der Waals surface area contributed by atoms with Crippen LogP contribution in [0.2, 0.25) is 0 Å². The largest absolute Gasteiger partial charge is 0.495 e. The van der Waals surface area contributed by atoms with Crippen molar-refractivity contribution in [3.05, 3.63) is 54.1 Å². The van der Waals surface area contributed by atoms with Crippen LogP contribution in [0.3, 0.4) is 0 Å². The molecule has 0 unspecified atom stereocenters. The summed E-state index contributed by atoms with van der Waals surface area (Å²) >= 11 is 0. The van der Waals surface area contributed by atoms with E-state index in [-0.39, 0.29) is 5.75 Å². The SMILES string of the molecule is COc1ccccc1N(C)S(=O)(=O)Cc1ccccc1N. The summed E-state index contributed by atoms with van der Waals surface area (Å²) in [5.74, 6) is 0.346. The molecule has 0 saturated carbocycles. The number of nitrogens with zero attached hydrogens (tertiary/aromatic N) is 1. The lowest BCUT2D eigenvalue weighted by atomic mass is 10.2. The van der Waals surface area contributed by atoms with Crippen molar-refractivity contribution in [3.63, 3.8) is 0 Å². The second-order valence-corrected chi connectivity index (χ2v) is 6.59. The van der Waals surface area contributed by atoms with Crippen molar-refractivity contribution in [3.8, 4) is 5.75 Å². The maximum atomic E-state index is 12.5. The summed E-state index contributed by atoms with van der Waals surface area (Å²) in [5.41, 5.74) is 7.36. The maximum absolute atomic E-state index is 12.5. The molecule has 0 spiro atoms. The third-order valence-electron chi connectivity index (χ3n) is 3.23. The molecule has 0 atom stereocenters. The second kappa shape index (κ2) is 6.05. The molecule has 5 nitrogen and oxygen atoms in total. The number of sulfonamides is 1. The molecule has 112 valence electrons. The highest BCUT2D eigenvalue weighted by Gasteiger charge is 2.22. The predicted molar refractivity (Wildman–Crippen MR) is 84.9 cm³/mol. The van der Waals surface area contributed by atoms with E-state index in [1.54, 1.807) is 48.5 Å². The van der Waals surface area contributed by atoms with Crippen LogP contribution in [-0.2, 0) is 15.8 Å². The number of nitrogen functional groups attached to an aromatic ring is 1. The number of nitrogens with two attached hydrogens (primary N) is 1. The summed E-state index contributed by atoms with van der Waals surface area (Å²) in [7, 11) is -0.533. The molecule has 21 heavy (non-hydrogen) atoms. The van der Waals surface area contributed by atoms with Gasteiger partial charge < -0.3 is 10.5 Å². The Labute approximate surface area is 125 Å². The molecule has 0 saturated heterocycles. The van der Waals surface area contributed by atoms with Crippen molar-refractivity contribution in [1.82, 2.24) is 0 Å². The highest BCUT2D eigenvalue weighted by molar-refractivity contribution is 7.92. The fourth-order valence-electron chi connectivity index (χ4n) is 2.00. The Morgan fingerprint density at radius 2 is 1.71 bits per heavy atom. The lowest BCUT2D eigenvalue weighted by molar-refractivity contribution is 0.416. The second-order valence-electron chi connectivity index (χ2n) is 4.59. The van der Waals surface area contributed by atoms with Crippen molar-refractivity contribution in [1.29, 1.82) is 0 Å². The van der Waals surface area contributed by atoms with Gasteiger partial charge in [0.05, 0.1) is 18.6 Å².